The zero-order valence-electron chi connectivity index (χ0n) is 16.8. The first-order chi connectivity index (χ1) is 12.8. The second kappa shape index (κ2) is 9.48. The van der Waals surface area contributed by atoms with Crippen molar-refractivity contribution in [2.75, 3.05) is 45.9 Å². The third-order valence-corrected chi connectivity index (χ3v) is 4.46. The Morgan fingerprint density at radius 1 is 1.04 bits per heavy atom. The molecule has 3 amide bonds. The fourth-order valence-electron chi connectivity index (χ4n) is 2.80. The van der Waals surface area contributed by atoms with Gasteiger partial charge in [0.25, 0.3) is 0 Å². The van der Waals surface area contributed by atoms with Gasteiger partial charge >= 0.3 is 12.1 Å². The zero-order chi connectivity index (χ0) is 19.9. The summed E-state index contributed by atoms with van der Waals surface area (Å²) in [7, 11) is 0. The fourth-order valence-corrected chi connectivity index (χ4v) is 2.80. The van der Waals surface area contributed by atoms with Crippen LogP contribution in [0.1, 0.15) is 33.3 Å². The lowest BCUT2D eigenvalue weighted by Gasteiger charge is -2.33. The maximum Gasteiger partial charge on any atom is 0.409 e. The van der Waals surface area contributed by atoms with E-state index in [0.717, 1.165) is 5.75 Å². The molecule has 7 nitrogen and oxygen atoms in total. The van der Waals surface area contributed by atoms with Gasteiger partial charge in [0.15, 0.2) is 0 Å². The highest BCUT2D eigenvalue weighted by Gasteiger charge is 2.24. The van der Waals surface area contributed by atoms with Crippen molar-refractivity contribution in [2.45, 2.75) is 33.1 Å². The fraction of sp³-hybridized carbons (Fsp3) is 0.600. The van der Waals surface area contributed by atoms with Crippen LogP contribution in [-0.2, 0) is 10.2 Å². The van der Waals surface area contributed by atoms with Crippen LogP contribution in [0.15, 0.2) is 24.3 Å². The molecule has 150 valence electrons. The van der Waals surface area contributed by atoms with E-state index >= 15 is 0 Å². The van der Waals surface area contributed by atoms with Gasteiger partial charge in [-0.25, -0.2) is 9.59 Å². The Kier molecular flexibility index (Phi) is 7.33. The molecule has 0 unspecified atom stereocenters. The number of hydrogen-bond donors (Lipinski definition) is 1. The SMILES string of the molecule is CCOC(=O)N1CCN(C(=O)NCCOc2ccc(C(C)(C)C)cc2)CC1. The smallest absolute Gasteiger partial charge is 0.409 e. The maximum atomic E-state index is 12.2. The Bertz CT molecular complexity index is 617. The standard InChI is InChI=1S/C20H31N3O4/c1-5-26-19(25)23-13-11-22(12-14-23)18(24)21-10-15-27-17-8-6-16(7-9-17)20(2,3)4/h6-9H,5,10-15H2,1-4H3,(H,21,24). The lowest BCUT2D eigenvalue weighted by molar-refractivity contribution is 0.0851. The summed E-state index contributed by atoms with van der Waals surface area (Å²) in [6.07, 6.45) is -0.316. The van der Waals surface area contributed by atoms with Gasteiger partial charge in [0.2, 0.25) is 0 Å². The molecular weight excluding hydrogens is 346 g/mol. The molecule has 27 heavy (non-hydrogen) atoms. The van der Waals surface area contributed by atoms with Crippen molar-refractivity contribution in [1.82, 2.24) is 15.1 Å². The highest BCUT2D eigenvalue weighted by molar-refractivity contribution is 5.75. The number of carbonyl (C=O) groups is 2. The minimum atomic E-state index is -0.316. The highest BCUT2D eigenvalue weighted by Crippen LogP contribution is 2.24. The van der Waals surface area contributed by atoms with Crippen molar-refractivity contribution in [2.24, 2.45) is 0 Å². The summed E-state index contributed by atoms with van der Waals surface area (Å²) in [4.78, 5) is 27.2. The predicted molar refractivity (Wildman–Crippen MR) is 104 cm³/mol. The molecule has 1 fully saturated rings. The van der Waals surface area contributed by atoms with Gasteiger partial charge in [0.05, 0.1) is 13.2 Å². The second-order valence-electron chi connectivity index (χ2n) is 7.53. The molecule has 0 spiro atoms. The summed E-state index contributed by atoms with van der Waals surface area (Å²) in [5.74, 6) is 0.792. The van der Waals surface area contributed by atoms with Crippen LogP contribution in [0.25, 0.3) is 0 Å². The third-order valence-electron chi connectivity index (χ3n) is 4.46. The van der Waals surface area contributed by atoms with E-state index in [2.05, 4.69) is 38.2 Å². The molecular formula is C20H31N3O4. The minimum absolute atomic E-state index is 0.115. The van der Waals surface area contributed by atoms with Crippen LogP contribution < -0.4 is 10.1 Å². The highest BCUT2D eigenvalue weighted by atomic mass is 16.6. The molecule has 0 bridgehead atoms. The molecule has 1 aromatic carbocycles. The normalized spacial score (nSPS) is 14.7. The number of nitrogens with zero attached hydrogens (tertiary/aromatic N) is 2. The van der Waals surface area contributed by atoms with Crippen LogP contribution in [0.4, 0.5) is 9.59 Å². The van der Waals surface area contributed by atoms with Crippen LogP contribution in [0, 0.1) is 0 Å². The van der Waals surface area contributed by atoms with Gasteiger partial charge in [0.1, 0.15) is 12.4 Å². The number of ether oxygens (including phenoxy) is 2. The number of nitrogens with one attached hydrogen (secondary N) is 1. The number of rotatable bonds is 5. The summed E-state index contributed by atoms with van der Waals surface area (Å²) >= 11 is 0. The molecule has 0 aromatic heterocycles. The van der Waals surface area contributed by atoms with E-state index < -0.39 is 0 Å². The predicted octanol–water partition coefficient (Wildman–Crippen LogP) is 2.85. The monoisotopic (exact) mass is 377 g/mol. The molecule has 1 heterocycles. The lowest BCUT2D eigenvalue weighted by atomic mass is 9.87. The van der Waals surface area contributed by atoms with Gasteiger partial charge in [-0.3, -0.25) is 0 Å². The maximum absolute atomic E-state index is 12.2. The number of amides is 3. The topological polar surface area (TPSA) is 71.1 Å². The van der Waals surface area contributed by atoms with Crippen LogP contribution in [0.3, 0.4) is 0 Å². The molecule has 7 heteroatoms. The van der Waals surface area contributed by atoms with Crippen molar-refractivity contribution in [3.05, 3.63) is 29.8 Å². The molecule has 0 saturated carbocycles. The van der Waals surface area contributed by atoms with Crippen LogP contribution in [0.5, 0.6) is 5.75 Å². The summed E-state index contributed by atoms with van der Waals surface area (Å²) in [6.45, 7) is 11.5. The molecule has 0 aliphatic carbocycles. The van der Waals surface area contributed by atoms with E-state index in [9.17, 15) is 9.59 Å². The van der Waals surface area contributed by atoms with Gasteiger partial charge in [-0.05, 0) is 30.0 Å². The molecule has 1 aliphatic heterocycles. The summed E-state index contributed by atoms with van der Waals surface area (Å²) in [5.41, 5.74) is 1.37. The number of piperazine rings is 1. The summed E-state index contributed by atoms with van der Waals surface area (Å²) in [5, 5.41) is 2.85. The van der Waals surface area contributed by atoms with E-state index in [0.29, 0.717) is 45.9 Å². The molecule has 0 radical (unpaired) electrons. The van der Waals surface area contributed by atoms with Gasteiger partial charge in [-0.15, -0.1) is 0 Å². The number of urea groups is 1. The van der Waals surface area contributed by atoms with Gasteiger partial charge in [-0.1, -0.05) is 32.9 Å². The number of benzene rings is 1. The Morgan fingerprint density at radius 3 is 2.19 bits per heavy atom. The Hall–Kier alpha value is -2.44. The van der Waals surface area contributed by atoms with E-state index in [1.165, 1.54) is 5.56 Å². The van der Waals surface area contributed by atoms with Crippen molar-refractivity contribution >= 4 is 12.1 Å². The van der Waals surface area contributed by atoms with Gasteiger partial charge in [0, 0.05) is 26.2 Å². The average Bonchev–Trinajstić information content (AvgIpc) is 2.65. The third kappa shape index (κ3) is 6.34. The quantitative estimate of drug-likeness (QED) is 0.801. The van der Waals surface area contributed by atoms with Crippen molar-refractivity contribution in [1.29, 1.82) is 0 Å². The second-order valence-corrected chi connectivity index (χ2v) is 7.53. The molecule has 2 rings (SSSR count). The van der Waals surface area contributed by atoms with Crippen LogP contribution in [0.2, 0.25) is 0 Å². The largest absolute Gasteiger partial charge is 0.492 e. The van der Waals surface area contributed by atoms with E-state index in [1.54, 1.807) is 16.7 Å². The molecule has 1 saturated heterocycles. The molecule has 1 aliphatic rings. The zero-order valence-corrected chi connectivity index (χ0v) is 16.8. The minimum Gasteiger partial charge on any atom is -0.492 e. The Balaban J connectivity index is 1.66. The number of hydrogen-bond acceptors (Lipinski definition) is 4. The first-order valence-corrected chi connectivity index (χ1v) is 9.49. The molecule has 1 N–H and O–H groups in total. The van der Waals surface area contributed by atoms with Gasteiger partial charge < -0.3 is 24.6 Å². The average molecular weight is 377 g/mol. The van der Waals surface area contributed by atoms with Crippen molar-refractivity contribution < 1.29 is 19.1 Å². The van der Waals surface area contributed by atoms with Gasteiger partial charge in [-0.2, -0.15) is 0 Å². The number of carbonyl (C=O) groups excluding carboxylic acids is 2. The lowest BCUT2D eigenvalue weighted by Crippen LogP contribution is -2.53. The summed E-state index contributed by atoms with van der Waals surface area (Å²) < 4.78 is 10.7. The van der Waals surface area contributed by atoms with E-state index in [-0.39, 0.29) is 17.5 Å². The summed E-state index contributed by atoms with van der Waals surface area (Å²) in [6, 6.07) is 7.91. The van der Waals surface area contributed by atoms with E-state index in [4.69, 9.17) is 9.47 Å². The van der Waals surface area contributed by atoms with E-state index in [1.807, 2.05) is 12.1 Å². The molecule has 0 atom stereocenters. The van der Waals surface area contributed by atoms with Crippen molar-refractivity contribution in [3.8, 4) is 5.75 Å². The van der Waals surface area contributed by atoms with Crippen LogP contribution >= 0.6 is 0 Å². The molecule has 1 aromatic rings. The van der Waals surface area contributed by atoms with Crippen LogP contribution in [-0.4, -0.2) is 67.9 Å². The Labute approximate surface area is 161 Å². The Morgan fingerprint density at radius 2 is 1.63 bits per heavy atom. The first kappa shape index (κ1) is 20.9. The van der Waals surface area contributed by atoms with Crippen molar-refractivity contribution in [3.63, 3.8) is 0 Å². The first-order valence-electron chi connectivity index (χ1n) is 9.49.